The number of benzene rings is 1. The molecule has 0 radical (unpaired) electrons. The summed E-state index contributed by atoms with van der Waals surface area (Å²) in [4.78, 5) is 11.0. The van der Waals surface area contributed by atoms with Gasteiger partial charge >= 0.3 is 5.97 Å². The van der Waals surface area contributed by atoms with Gasteiger partial charge in [-0.25, -0.2) is 4.68 Å². The van der Waals surface area contributed by atoms with Gasteiger partial charge in [-0.05, 0) is 6.42 Å². The number of carboxylic acids is 1. The van der Waals surface area contributed by atoms with Crippen molar-refractivity contribution < 1.29 is 9.90 Å². The van der Waals surface area contributed by atoms with Gasteiger partial charge in [-0.2, -0.15) is 0 Å². The zero-order valence-corrected chi connectivity index (χ0v) is 13.0. The first-order chi connectivity index (χ1) is 10.7. The number of carbonyl (C=O) groups is 1. The van der Waals surface area contributed by atoms with Gasteiger partial charge in [-0.3, -0.25) is 4.79 Å². The molecule has 0 aliphatic carbocycles. The lowest BCUT2D eigenvalue weighted by molar-refractivity contribution is -0.136. The number of aromatic nitrogens is 3. The molecule has 1 heterocycles. The van der Waals surface area contributed by atoms with Crippen molar-refractivity contribution in [3.63, 3.8) is 0 Å². The minimum Gasteiger partial charge on any atom is -0.481 e. The van der Waals surface area contributed by atoms with Gasteiger partial charge in [0.25, 0.3) is 0 Å². The number of aryl methyl sites for hydroxylation is 1. The average Bonchev–Trinajstić information content (AvgIpc) is 2.90. The maximum absolute atomic E-state index is 11.0. The molecular weight excluding hydrogens is 278 g/mol. The molecule has 0 unspecified atom stereocenters. The standard InChI is InChI=1S/C17H23N3O2/c1-2-3-4-5-9-12-20-17(14-10-7-6-8-11-14)15(18-19-20)13-16(21)22/h6-8,10-11H,2-5,9,12-13H2,1H3,(H,21,22). The van der Waals surface area contributed by atoms with Crippen LogP contribution in [-0.4, -0.2) is 26.1 Å². The second-order valence-corrected chi connectivity index (χ2v) is 5.46. The molecule has 0 bridgehead atoms. The predicted octanol–water partition coefficient (Wildman–Crippen LogP) is 3.54. The number of carboxylic acid groups (broad SMARTS) is 1. The van der Waals surface area contributed by atoms with Crippen molar-refractivity contribution in [3.05, 3.63) is 36.0 Å². The molecule has 2 rings (SSSR count). The number of hydrogen-bond donors (Lipinski definition) is 1. The largest absolute Gasteiger partial charge is 0.481 e. The molecule has 22 heavy (non-hydrogen) atoms. The van der Waals surface area contributed by atoms with E-state index in [-0.39, 0.29) is 6.42 Å². The van der Waals surface area contributed by atoms with Gasteiger partial charge in [0.15, 0.2) is 0 Å². The Balaban J connectivity index is 2.15. The van der Waals surface area contributed by atoms with Gasteiger partial charge < -0.3 is 5.11 Å². The number of nitrogens with zero attached hydrogens (tertiary/aromatic N) is 3. The van der Waals surface area contributed by atoms with E-state index in [9.17, 15) is 4.79 Å². The third-order valence-corrected chi connectivity index (χ3v) is 3.64. The van der Waals surface area contributed by atoms with E-state index in [1.165, 1.54) is 19.3 Å². The lowest BCUT2D eigenvalue weighted by atomic mass is 10.1. The molecule has 1 aromatic heterocycles. The second kappa shape index (κ2) is 8.32. The van der Waals surface area contributed by atoms with Crippen LogP contribution in [0.2, 0.25) is 0 Å². The SMILES string of the molecule is CCCCCCCn1nnc(CC(=O)O)c1-c1ccccc1. The van der Waals surface area contributed by atoms with E-state index in [0.717, 1.165) is 30.6 Å². The van der Waals surface area contributed by atoms with E-state index in [4.69, 9.17) is 5.11 Å². The molecule has 0 atom stereocenters. The Morgan fingerprint density at radius 2 is 1.86 bits per heavy atom. The Morgan fingerprint density at radius 1 is 1.14 bits per heavy atom. The normalized spacial score (nSPS) is 10.8. The van der Waals surface area contributed by atoms with Gasteiger partial charge in [0.2, 0.25) is 0 Å². The molecule has 118 valence electrons. The smallest absolute Gasteiger partial charge is 0.309 e. The van der Waals surface area contributed by atoms with Crippen LogP contribution in [0, 0.1) is 0 Å². The molecule has 0 aliphatic rings. The molecule has 5 heteroatoms. The minimum atomic E-state index is -0.882. The first-order valence-electron chi connectivity index (χ1n) is 7.92. The first-order valence-corrected chi connectivity index (χ1v) is 7.92. The molecule has 0 amide bonds. The van der Waals surface area contributed by atoms with Crippen LogP contribution in [0.15, 0.2) is 30.3 Å². The van der Waals surface area contributed by atoms with Crippen molar-refractivity contribution in [2.75, 3.05) is 0 Å². The Morgan fingerprint density at radius 3 is 2.55 bits per heavy atom. The van der Waals surface area contributed by atoms with Gasteiger partial charge in [0.05, 0.1) is 12.1 Å². The highest BCUT2D eigenvalue weighted by Gasteiger charge is 2.16. The number of rotatable bonds is 9. The summed E-state index contributed by atoms with van der Waals surface area (Å²) >= 11 is 0. The van der Waals surface area contributed by atoms with Gasteiger partial charge in [-0.15, -0.1) is 5.10 Å². The van der Waals surface area contributed by atoms with Gasteiger partial charge in [-0.1, -0.05) is 68.2 Å². The molecule has 5 nitrogen and oxygen atoms in total. The zero-order chi connectivity index (χ0) is 15.8. The molecule has 0 fully saturated rings. The van der Waals surface area contributed by atoms with Crippen molar-refractivity contribution in [2.45, 2.75) is 52.0 Å². The van der Waals surface area contributed by atoms with Crippen molar-refractivity contribution in [3.8, 4) is 11.3 Å². The summed E-state index contributed by atoms with van der Waals surface area (Å²) in [7, 11) is 0. The number of hydrogen-bond acceptors (Lipinski definition) is 3. The summed E-state index contributed by atoms with van der Waals surface area (Å²) in [5, 5.41) is 17.3. The molecule has 2 aromatic rings. The maximum atomic E-state index is 11.0. The van der Waals surface area contributed by atoms with Gasteiger partial charge in [0.1, 0.15) is 5.69 Å². The van der Waals surface area contributed by atoms with Crippen LogP contribution < -0.4 is 0 Å². The van der Waals surface area contributed by atoms with E-state index >= 15 is 0 Å². The zero-order valence-electron chi connectivity index (χ0n) is 13.0. The van der Waals surface area contributed by atoms with E-state index in [1.807, 2.05) is 35.0 Å². The predicted molar refractivity (Wildman–Crippen MR) is 85.6 cm³/mol. The molecular formula is C17H23N3O2. The highest BCUT2D eigenvalue weighted by Crippen LogP contribution is 2.23. The van der Waals surface area contributed by atoms with Crippen LogP contribution in [0.4, 0.5) is 0 Å². The summed E-state index contributed by atoms with van der Waals surface area (Å²) < 4.78 is 1.85. The van der Waals surface area contributed by atoms with Crippen molar-refractivity contribution in [1.82, 2.24) is 15.0 Å². The summed E-state index contributed by atoms with van der Waals surface area (Å²) in [6.07, 6.45) is 5.81. The molecule has 0 saturated heterocycles. The quantitative estimate of drug-likeness (QED) is 0.719. The first kappa shape index (κ1) is 16.2. The Hall–Kier alpha value is -2.17. The fourth-order valence-corrected chi connectivity index (χ4v) is 2.54. The lowest BCUT2D eigenvalue weighted by Gasteiger charge is -2.08. The molecule has 0 spiro atoms. The Bertz CT molecular complexity index is 593. The summed E-state index contributed by atoms with van der Waals surface area (Å²) in [6, 6.07) is 9.77. The third kappa shape index (κ3) is 4.41. The third-order valence-electron chi connectivity index (χ3n) is 3.64. The second-order valence-electron chi connectivity index (χ2n) is 5.46. The highest BCUT2D eigenvalue weighted by molar-refractivity contribution is 5.73. The summed E-state index contributed by atoms with van der Waals surface area (Å²) in [5.41, 5.74) is 2.34. The Kier molecular flexibility index (Phi) is 6.13. The molecule has 0 aliphatic heterocycles. The number of aliphatic carboxylic acids is 1. The van der Waals surface area contributed by atoms with Crippen LogP contribution in [0.25, 0.3) is 11.3 Å². The monoisotopic (exact) mass is 301 g/mol. The van der Waals surface area contributed by atoms with Crippen LogP contribution in [0.1, 0.15) is 44.7 Å². The van der Waals surface area contributed by atoms with E-state index < -0.39 is 5.97 Å². The topological polar surface area (TPSA) is 68.0 Å². The average molecular weight is 301 g/mol. The van der Waals surface area contributed by atoms with Crippen LogP contribution in [-0.2, 0) is 17.8 Å². The molecule has 1 aromatic carbocycles. The number of unbranched alkanes of at least 4 members (excludes halogenated alkanes) is 4. The van der Waals surface area contributed by atoms with E-state index in [0.29, 0.717) is 5.69 Å². The molecule has 0 saturated carbocycles. The minimum absolute atomic E-state index is 0.0972. The molecule has 1 N–H and O–H groups in total. The van der Waals surface area contributed by atoms with E-state index in [2.05, 4.69) is 17.2 Å². The van der Waals surface area contributed by atoms with Crippen molar-refractivity contribution >= 4 is 5.97 Å². The van der Waals surface area contributed by atoms with Gasteiger partial charge in [0, 0.05) is 12.1 Å². The van der Waals surface area contributed by atoms with Crippen LogP contribution in [0.3, 0.4) is 0 Å². The van der Waals surface area contributed by atoms with Crippen molar-refractivity contribution in [2.24, 2.45) is 0 Å². The lowest BCUT2D eigenvalue weighted by Crippen LogP contribution is -2.05. The fourth-order valence-electron chi connectivity index (χ4n) is 2.54. The maximum Gasteiger partial charge on any atom is 0.309 e. The Labute approximate surface area is 131 Å². The summed E-state index contributed by atoms with van der Waals surface area (Å²) in [5.74, 6) is -0.882. The van der Waals surface area contributed by atoms with Crippen molar-refractivity contribution in [1.29, 1.82) is 0 Å². The van der Waals surface area contributed by atoms with Crippen LogP contribution in [0.5, 0.6) is 0 Å². The van der Waals surface area contributed by atoms with E-state index in [1.54, 1.807) is 0 Å². The summed E-state index contributed by atoms with van der Waals surface area (Å²) in [6.45, 7) is 2.98. The fraction of sp³-hybridized carbons (Fsp3) is 0.471. The van der Waals surface area contributed by atoms with Crippen LogP contribution >= 0.6 is 0 Å². The highest BCUT2D eigenvalue weighted by atomic mass is 16.4.